The molecule has 1 N–H and O–H groups in total. The molecular weight excluding hydrogens is 473 g/mol. The van der Waals surface area contributed by atoms with Crippen LogP contribution in [0.1, 0.15) is 20.8 Å². The number of ketones is 1. The van der Waals surface area contributed by atoms with Gasteiger partial charge in [0.1, 0.15) is 38.7 Å². The van der Waals surface area contributed by atoms with Gasteiger partial charge >= 0.3 is 0 Å². The lowest BCUT2D eigenvalue weighted by atomic mass is 10.2. The lowest BCUT2D eigenvalue weighted by molar-refractivity contribution is -0.126. The number of methoxy groups -OCH3 is 2. The van der Waals surface area contributed by atoms with E-state index in [0.717, 1.165) is 0 Å². The number of benzene rings is 2. The van der Waals surface area contributed by atoms with Crippen molar-refractivity contribution in [3.05, 3.63) is 34.3 Å². The smallest absolute Gasteiger partial charge is 0.258 e. The number of rotatable bonds is 11. The molecule has 33 heavy (non-hydrogen) atoms. The molecule has 0 bridgehead atoms. The van der Waals surface area contributed by atoms with Crippen molar-refractivity contribution in [2.75, 3.05) is 32.8 Å². The predicted octanol–water partition coefficient (Wildman–Crippen LogP) is 5.49. The van der Waals surface area contributed by atoms with Gasteiger partial charge in [-0.05, 0) is 20.8 Å². The van der Waals surface area contributed by atoms with Crippen LogP contribution in [0.2, 0.25) is 10.0 Å². The third kappa shape index (κ3) is 6.72. The van der Waals surface area contributed by atoms with E-state index in [0.29, 0.717) is 41.9 Å². The quantitative estimate of drug-likeness (QED) is 0.324. The number of amides is 1. The molecule has 1 amide bonds. The Bertz CT molecular complexity index is 1020. The highest BCUT2D eigenvalue weighted by Crippen LogP contribution is 2.39. The third-order valence-corrected chi connectivity index (χ3v) is 4.99. The molecule has 1 unspecified atom stereocenters. The molecule has 2 rings (SSSR count). The van der Waals surface area contributed by atoms with Gasteiger partial charge in [0.2, 0.25) is 6.04 Å². The van der Waals surface area contributed by atoms with Gasteiger partial charge < -0.3 is 24.3 Å². The summed E-state index contributed by atoms with van der Waals surface area (Å²) < 4.78 is 21.4. The number of carbonyl (C=O) groups excluding carboxylic acids is 2. The number of azo groups is 1. The van der Waals surface area contributed by atoms with Crippen LogP contribution in [0.4, 0.5) is 11.4 Å². The number of anilines is 1. The molecule has 0 aliphatic rings. The maximum Gasteiger partial charge on any atom is 0.258 e. The van der Waals surface area contributed by atoms with E-state index < -0.39 is 17.7 Å². The van der Waals surface area contributed by atoms with Gasteiger partial charge in [-0.25, -0.2) is 0 Å². The fraction of sp³-hybridized carbons (Fsp3) is 0.364. The van der Waals surface area contributed by atoms with E-state index in [1.54, 1.807) is 19.9 Å². The molecule has 11 heteroatoms. The van der Waals surface area contributed by atoms with E-state index in [9.17, 15) is 9.59 Å². The molecule has 0 radical (unpaired) electrons. The van der Waals surface area contributed by atoms with Crippen molar-refractivity contribution in [3.63, 3.8) is 0 Å². The Hall–Kier alpha value is -3.04. The van der Waals surface area contributed by atoms with Crippen LogP contribution in [0.15, 0.2) is 34.5 Å². The van der Waals surface area contributed by atoms with Crippen LogP contribution in [-0.4, -0.2) is 45.2 Å². The standard InChI is InChI=1S/C22H25Cl2N3O6/c1-6-32-17-8-13(9-18(20(17)24)33-7-2)25-22(29)21(12(3)28)27-26-15-10-14(30-4)11-16(31-5)19(15)23/h8-11,21H,6-7H2,1-5H3,(H,25,29). The topological polar surface area (TPSA) is 108 Å². The highest BCUT2D eigenvalue weighted by atomic mass is 35.5. The molecule has 178 valence electrons. The number of carbonyl (C=O) groups is 2. The lowest BCUT2D eigenvalue weighted by Crippen LogP contribution is -2.31. The summed E-state index contributed by atoms with van der Waals surface area (Å²) in [7, 11) is 2.90. The van der Waals surface area contributed by atoms with Gasteiger partial charge in [-0.15, -0.1) is 0 Å². The molecule has 0 heterocycles. The molecule has 2 aromatic carbocycles. The summed E-state index contributed by atoms with van der Waals surface area (Å²) in [4.78, 5) is 25.0. The number of nitrogens with one attached hydrogen (secondary N) is 1. The summed E-state index contributed by atoms with van der Waals surface area (Å²) in [5, 5.41) is 11.0. The first kappa shape index (κ1) is 26.2. The van der Waals surface area contributed by atoms with Crippen molar-refractivity contribution in [2.45, 2.75) is 26.8 Å². The van der Waals surface area contributed by atoms with Crippen molar-refractivity contribution in [1.82, 2.24) is 0 Å². The van der Waals surface area contributed by atoms with E-state index in [4.69, 9.17) is 42.1 Å². The summed E-state index contributed by atoms with van der Waals surface area (Å²) >= 11 is 12.5. The SMILES string of the molecule is CCOc1cc(NC(=O)C(N=Nc2cc(OC)cc(OC)c2Cl)C(C)=O)cc(OCC)c1Cl. The van der Waals surface area contributed by atoms with E-state index in [-0.39, 0.29) is 15.7 Å². The van der Waals surface area contributed by atoms with E-state index in [1.807, 2.05) is 0 Å². The maximum absolute atomic E-state index is 12.8. The largest absolute Gasteiger partial charge is 0.497 e. The number of hydrogen-bond donors (Lipinski definition) is 1. The Labute approximate surface area is 202 Å². The fourth-order valence-corrected chi connectivity index (χ4v) is 3.15. The Kier molecular flexibility index (Phi) is 9.74. The summed E-state index contributed by atoms with van der Waals surface area (Å²) in [6, 6.07) is 4.71. The third-order valence-electron chi connectivity index (χ3n) is 4.24. The highest BCUT2D eigenvalue weighted by Gasteiger charge is 2.24. The van der Waals surface area contributed by atoms with Crippen LogP contribution in [0.3, 0.4) is 0 Å². The van der Waals surface area contributed by atoms with Gasteiger partial charge in [-0.2, -0.15) is 10.2 Å². The molecule has 1 atom stereocenters. The first-order chi connectivity index (χ1) is 15.7. The second-order valence-corrected chi connectivity index (χ2v) is 7.29. The molecule has 9 nitrogen and oxygen atoms in total. The molecule has 0 saturated heterocycles. The van der Waals surface area contributed by atoms with E-state index >= 15 is 0 Å². The van der Waals surface area contributed by atoms with Gasteiger partial charge in [0, 0.05) is 30.0 Å². The van der Waals surface area contributed by atoms with Crippen molar-refractivity contribution in [1.29, 1.82) is 0 Å². The maximum atomic E-state index is 12.8. The molecule has 0 aliphatic heterocycles. The Morgan fingerprint density at radius 1 is 0.939 bits per heavy atom. The Morgan fingerprint density at radius 3 is 2.03 bits per heavy atom. The summed E-state index contributed by atoms with van der Waals surface area (Å²) in [5.41, 5.74) is 0.495. The minimum atomic E-state index is -1.43. The van der Waals surface area contributed by atoms with Crippen LogP contribution >= 0.6 is 23.2 Å². The highest BCUT2D eigenvalue weighted by molar-refractivity contribution is 6.34. The van der Waals surface area contributed by atoms with Crippen LogP contribution < -0.4 is 24.3 Å². The average Bonchev–Trinajstić information content (AvgIpc) is 2.78. The number of hydrogen-bond acceptors (Lipinski definition) is 8. The molecule has 0 saturated carbocycles. The lowest BCUT2D eigenvalue weighted by Gasteiger charge is -2.15. The van der Waals surface area contributed by atoms with Gasteiger partial charge in [-0.3, -0.25) is 9.59 Å². The van der Waals surface area contributed by atoms with Gasteiger partial charge in [0.15, 0.2) is 5.78 Å². The monoisotopic (exact) mass is 497 g/mol. The minimum Gasteiger partial charge on any atom is -0.497 e. The first-order valence-corrected chi connectivity index (χ1v) is 10.7. The fourth-order valence-electron chi connectivity index (χ4n) is 2.71. The zero-order valence-corrected chi connectivity index (χ0v) is 20.4. The van der Waals surface area contributed by atoms with E-state index in [1.165, 1.54) is 39.3 Å². The predicted molar refractivity (Wildman–Crippen MR) is 126 cm³/mol. The average molecular weight is 498 g/mol. The van der Waals surface area contributed by atoms with Gasteiger partial charge in [-0.1, -0.05) is 23.2 Å². The molecular formula is C22H25Cl2N3O6. The number of nitrogens with zero attached hydrogens (tertiary/aromatic N) is 2. The van der Waals surface area contributed by atoms with Crippen LogP contribution in [0, 0.1) is 0 Å². The Morgan fingerprint density at radius 2 is 1.55 bits per heavy atom. The summed E-state index contributed by atoms with van der Waals surface area (Å²) in [6.45, 7) is 5.55. The van der Waals surface area contributed by atoms with Gasteiger partial charge in [0.25, 0.3) is 5.91 Å². The zero-order chi connectivity index (χ0) is 24.5. The van der Waals surface area contributed by atoms with Crippen LogP contribution in [0.25, 0.3) is 0 Å². The summed E-state index contributed by atoms with van der Waals surface area (Å²) in [6.07, 6.45) is 0. The minimum absolute atomic E-state index is 0.158. The summed E-state index contributed by atoms with van der Waals surface area (Å²) in [5.74, 6) is 0.160. The van der Waals surface area contributed by atoms with Crippen molar-refractivity contribution < 1.29 is 28.5 Å². The zero-order valence-electron chi connectivity index (χ0n) is 18.9. The molecule has 0 aromatic heterocycles. The second-order valence-electron chi connectivity index (χ2n) is 6.53. The van der Waals surface area contributed by atoms with Crippen molar-refractivity contribution >= 4 is 46.3 Å². The molecule has 0 spiro atoms. The first-order valence-electron chi connectivity index (χ1n) is 9.98. The number of ether oxygens (including phenoxy) is 4. The normalized spacial score (nSPS) is 11.7. The van der Waals surface area contributed by atoms with Crippen molar-refractivity contribution in [3.8, 4) is 23.0 Å². The van der Waals surface area contributed by atoms with E-state index in [2.05, 4.69) is 15.5 Å². The molecule has 0 aliphatic carbocycles. The number of Topliss-reactive ketones (excluding diaryl/α,β-unsaturated/α-hetero) is 1. The van der Waals surface area contributed by atoms with Crippen LogP contribution in [-0.2, 0) is 9.59 Å². The molecule has 0 fully saturated rings. The van der Waals surface area contributed by atoms with Crippen molar-refractivity contribution in [2.24, 2.45) is 10.2 Å². The Balaban J connectivity index is 2.34. The second kappa shape index (κ2) is 12.3. The van der Waals surface area contributed by atoms with Crippen LogP contribution in [0.5, 0.6) is 23.0 Å². The molecule has 2 aromatic rings. The van der Waals surface area contributed by atoms with Gasteiger partial charge in [0.05, 0.1) is 27.4 Å². The number of halogens is 2.